The van der Waals surface area contributed by atoms with Gasteiger partial charge in [0.2, 0.25) is 5.91 Å². The van der Waals surface area contributed by atoms with Gasteiger partial charge in [0, 0.05) is 36.8 Å². The fraction of sp³-hybridized carbons (Fsp3) is 0.462. The highest BCUT2D eigenvalue weighted by Gasteiger charge is 2.30. The number of nitrogens with zero attached hydrogens (tertiary/aromatic N) is 3. The number of hydrazone groups is 1. The average Bonchev–Trinajstić information content (AvgIpc) is 2.87. The first kappa shape index (κ1) is 29.8. The minimum atomic E-state index is -2.91. The number of nitrogens with one attached hydrogen (secondary N) is 2. The Balaban J connectivity index is 1.71. The van der Waals surface area contributed by atoms with Crippen LogP contribution in [0.5, 0.6) is 5.75 Å². The number of aliphatic imine (C=N–C) groups is 1. The van der Waals surface area contributed by atoms with Gasteiger partial charge in [0.05, 0.1) is 11.3 Å². The van der Waals surface area contributed by atoms with Crippen molar-refractivity contribution in [2.45, 2.75) is 57.4 Å². The Morgan fingerprint density at radius 1 is 1.39 bits per heavy atom. The number of piperidine rings is 1. The standard InChI is InChI=1S/C26H32BrF2N5O3S/c1-26(28,29)16-37-20-6-4-5-17(13-20)7-9-19-10-11-21(25(36)32-19)24(33-23(35)15-38-3)34(30-2)22-12-8-18(27)14-31-22/h4-6,13-14,19H,2,7-12,15-16H2,1,3H3,(H,32,36)(H,33,35)/b24-21+. The lowest BCUT2D eigenvalue weighted by Crippen LogP contribution is -2.45. The third-order valence-corrected chi connectivity index (χ3v) is 7.03. The highest BCUT2D eigenvalue weighted by atomic mass is 79.9. The molecule has 1 unspecified atom stereocenters. The highest BCUT2D eigenvalue weighted by Crippen LogP contribution is 2.26. The molecule has 1 saturated heterocycles. The van der Waals surface area contributed by atoms with Gasteiger partial charge in [-0.1, -0.05) is 28.1 Å². The highest BCUT2D eigenvalue weighted by molar-refractivity contribution is 9.11. The number of hydrogen-bond donors (Lipinski definition) is 2. The van der Waals surface area contributed by atoms with E-state index in [4.69, 9.17) is 4.74 Å². The summed E-state index contributed by atoms with van der Waals surface area (Å²) in [5.74, 6) is -1.98. The second-order valence-corrected chi connectivity index (χ2v) is 11.0. The van der Waals surface area contributed by atoms with Crippen molar-refractivity contribution in [2.75, 3.05) is 18.6 Å². The summed E-state index contributed by atoms with van der Waals surface area (Å²) in [4.78, 5) is 30.1. The summed E-state index contributed by atoms with van der Waals surface area (Å²) in [5, 5.41) is 11.4. The zero-order valence-electron chi connectivity index (χ0n) is 21.4. The molecule has 2 N–H and O–H groups in total. The van der Waals surface area contributed by atoms with E-state index in [9.17, 15) is 18.4 Å². The molecule has 2 heterocycles. The molecule has 38 heavy (non-hydrogen) atoms. The lowest BCUT2D eigenvalue weighted by Gasteiger charge is -2.31. The molecule has 2 amide bonds. The number of ether oxygens (including phenoxy) is 1. The summed E-state index contributed by atoms with van der Waals surface area (Å²) < 4.78 is 32.4. The Labute approximate surface area is 234 Å². The van der Waals surface area contributed by atoms with Crippen LogP contribution in [0.15, 0.2) is 56.4 Å². The van der Waals surface area contributed by atoms with Crippen LogP contribution in [0.25, 0.3) is 0 Å². The van der Waals surface area contributed by atoms with Gasteiger partial charge in [0.25, 0.3) is 11.8 Å². The molecule has 0 aromatic heterocycles. The van der Waals surface area contributed by atoms with Crippen LogP contribution in [0, 0.1) is 0 Å². The van der Waals surface area contributed by atoms with Crippen LogP contribution in [-0.2, 0) is 16.0 Å². The van der Waals surface area contributed by atoms with Crippen LogP contribution >= 0.6 is 27.7 Å². The maximum atomic E-state index is 13.2. The largest absolute Gasteiger partial charge is 0.487 e. The maximum absolute atomic E-state index is 13.2. The second-order valence-electron chi connectivity index (χ2n) is 9.14. The number of carbonyl (C=O) groups excluding carboxylic acids is 2. The van der Waals surface area contributed by atoms with Crippen LogP contribution in [0.4, 0.5) is 8.78 Å². The molecule has 0 aliphatic carbocycles. The summed E-state index contributed by atoms with van der Waals surface area (Å²) in [7, 11) is 0. The van der Waals surface area contributed by atoms with Crippen LogP contribution in [0.2, 0.25) is 0 Å². The minimum Gasteiger partial charge on any atom is -0.487 e. The molecule has 1 aromatic carbocycles. The molecule has 0 saturated carbocycles. The number of benzene rings is 1. The first-order chi connectivity index (χ1) is 18.1. The van der Waals surface area contributed by atoms with Gasteiger partial charge in [-0.05, 0) is 56.1 Å². The number of thioether (sulfide) groups is 1. The Bertz CT molecular complexity index is 1140. The van der Waals surface area contributed by atoms with E-state index in [0.29, 0.717) is 55.7 Å². The van der Waals surface area contributed by atoms with Crippen LogP contribution in [-0.4, -0.2) is 60.0 Å². The third kappa shape index (κ3) is 8.93. The van der Waals surface area contributed by atoms with Gasteiger partial charge in [0.1, 0.15) is 17.4 Å². The van der Waals surface area contributed by atoms with Crippen molar-refractivity contribution in [1.82, 2.24) is 15.6 Å². The van der Waals surface area contributed by atoms with Crippen molar-refractivity contribution < 1.29 is 23.1 Å². The lowest BCUT2D eigenvalue weighted by molar-refractivity contribution is -0.119. The third-order valence-electron chi connectivity index (χ3n) is 5.88. The number of amidine groups is 1. The summed E-state index contributed by atoms with van der Waals surface area (Å²) >= 11 is 4.80. The Morgan fingerprint density at radius 3 is 2.82 bits per heavy atom. The molecule has 1 aromatic rings. The molecule has 0 radical (unpaired) electrons. The van der Waals surface area contributed by atoms with Gasteiger partial charge in [-0.15, -0.1) is 0 Å². The van der Waals surface area contributed by atoms with Crippen molar-refractivity contribution in [1.29, 1.82) is 0 Å². The van der Waals surface area contributed by atoms with Crippen LogP contribution in [0.3, 0.4) is 0 Å². The number of alkyl halides is 2. The molecule has 1 atom stereocenters. The SMILES string of the molecule is C=NN(C1=NC=C(Br)CC1)/C(NC(=O)CSC)=C1\CCC(CCc2cccc(OCC(C)(F)F)c2)NC1=O. The molecule has 206 valence electrons. The predicted molar refractivity (Wildman–Crippen MR) is 151 cm³/mol. The van der Waals surface area contributed by atoms with Gasteiger partial charge >= 0.3 is 0 Å². The van der Waals surface area contributed by atoms with Crippen LogP contribution in [0.1, 0.15) is 44.6 Å². The molecule has 2 aliphatic heterocycles. The van der Waals surface area contributed by atoms with Crippen molar-refractivity contribution >= 4 is 52.1 Å². The van der Waals surface area contributed by atoms with E-state index >= 15 is 0 Å². The normalized spacial score (nSPS) is 19.1. The minimum absolute atomic E-state index is 0.0880. The first-order valence-corrected chi connectivity index (χ1v) is 14.4. The molecule has 0 bridgehead atoms. The second kappa shape index (κ2) is 13.9. The molecule has 12 heteroatoms. The van der Waals surface area contributed by atoms with Crippen molar-refractivity contribution in [3.63, 3.8) is 0 Å². The van der Waals surface area contributed by atoms with Gasteiger partial charge in [0.15, 0.2) is 6.61 Å². The average molecular weight is 613 g/mol. The molecular formula is C26H32BrF2N5O3S. The zero-order valence-corrected chi connectivity index (χ0v) is 23.8. The topological polar surface area (TPSA) is 95.4 Å². The maximum Gasteiger partial charge on any atom is 0.278 e. The monoisotopic (exact) mass is 611 g/mol. The number of halogens is 3. The van der Waals surface area contributed by atoms with Crippen molar-refractivity contribution in [3.05, 3.63) is 51.9 Å². The summed E-state index contributed by atoms with van der Waals surface area (Å²) in [5.41, 5.74) is 1.34. The number of amides is 2. The van der Waals surface area contributed by atoms with Crippen molar-refractivity contribution in [3.8, 4) is 5.75 Å². The number of allylic oxidation sites excluding steroid dienone is 1. The quantitative estimate of drug-likeness (QED) is 0.209. The Hall–Kier alpha value is -2.73. The molecule has 1 fully saturated rings. The van der Waals surface area contributed by atoms with E-state index in [1.54, 1.807) is 24.4 Å². The zero-order chi connectivity index (χ0) is 27.7. The smallest absolute Gasteiger partial charge is 0.278 e. The summed E-state index contributed by atoms with van der Waals surface area (Å²) in [6, 6.07) is 6.96. The van der Waals surface area contributed by atoms with Crippen molar-refractivity contribution in [2.24, 2.45) is 10.1 Å². The fourth-order valence-electron chi connectivity index (χ4n) is 4.06. The predicted octanol–water partition coefficient (Wildman–Crippen LogP) is 4.97. The fourth-order valence-corrected chi connectivity index (χ4v) is 4.70. The Kier molecular flexibility index (Phi) is 10.9. The number of carbonyl (C=O) groups is 2. The number of hydrogen-bond acceptors (Lipinski definition) is 7. The van der Waals surface area contributed by atoms with E-state index in [1.807, 2.05) is 12.3 Å². The molecule has 0 spiro atoms. The Morgan fingerprint density at radius 2 is 2.18 bits per heavy atom. The van der Waals surface area contributed by atoms with Gasteiger partial charge in [-0.3, -0.25) is 9.59 Å². The van der Waals surface area contributed by atoms with Crippen LogP contribution < -0.4 is 15.4 Å². The van der Waals surface area contributed by atoms with E-state index in [0.717, 1.165) is 17.0 Å². The van der Waals surface area contributed by atoms with Gasteiger partial charge in [-0.2, -0.15) is 16.9 Å². The molecule has 3 rings (SSSR count). The summed E-state index contributed by atoms with van der Waals surface area (Å²) in [6.07, 6.45) is 7.16. The number of aryl methyl sites for hydroxylation is 1. The van der Waals surface area contributed by atoms with E-state index < -0.39 is 12.5 Å². The molecule has 2 aliphatic rings. The van der Waals surface area contributed by atoms with E-state index in [2.05, 4.69) is 43.4 Å². The summed E-state index contributed by atoms with van der Waals surface area (Å²) in [6.45, 7) is 3.78. The van der Waals surface area contributed by atoms with Gasteiger partial charge in [-0.25, -0.2) is 18.8 Å². The van der Waals surface area contributed by atoms with E-state index in [1.165, 1.54) is 16.8 Å². The van der Waals surface area contributed by atoms with Gasteiger partial charge < -0.3 is 15.4 Å². The first-order valence-electron chi connectivity index (χ1n) is 12.2. The molecular weight excluding hydrogens is 580 g/mol. The lowest BCUT2D eigenvalue weighted by atomic mass is 9.94. The number of rotatable bonds is 11. The molecule has 8 nitrogen and oxygen atoms in total. The van der Waals surface area contributed by atoms with E-state index in [-0.39, 0.29) is 29.4 Å².